The largest absolute Gasteiger partial charge is 0.481 e. The van der Waals surface area contributed by atoms with Crippen LogP contribution in [0, 0.1) is 11.8 Å². The van der Waals surface area contributed by atoms with Crippen LogP contribution in [0.1, 0.15) is 19.8 Å². The molecule has 3 heterocycles. The molecule has 0 spiro atoms. The summed E-state index contributed by atoms with van der Waals surface area (Å²) in [4.78, 5) is 57.1. The molecule has 0 unspecified atom stereocenters. The molecule has 1 aliphatic rings. The molecule has 2 amide bonds. The van der Waals surface area contributed by atoms with Crippen LogP contribution < -0.4 is 11.0 Å². The Labute approximate surface area is 147 Å². The molecule has 0 radical (unpaired) electrons. The molecule has 1 fully saturated rings. The Balaban J connectivity index is 1.52. The van der Waals surface area contributed by atoms with Gasteiger partial charge >= 0.3 is 11.7 Å². The molecule has 0 aromatic carbocycles. The number of carbonyl (C=O) groups is 3. The summed E-state index contributed by atoms with van der Waals surface area (Å²) in [5.41, 5.74) is 0.468. The van der Waals surface area contributed by atoms with E-state index in [2.05, 4.69) is 20.3 Å². The lowest BCUT2D eigenvalue weighted by Gasteiger charge is -2.15. The number of hydrogen-bond donors (Lipinski definition) is 4. The number of aliphatic carboxylic acids is 1. The fourth-order valence-electron chi connectivity index (χ4n) is 3.06. The van der Waals surface area contributed by atoms with Gasteiger partial charge in [0.1, 0.15) is 5.82 Å². The zero-order chi connectivity index (χ0) is 18.8. The maximum Gasteiger partial charge on any atom is 0.325 e. The van der Waals surface area contributed by atoms with Gasteiger partial charge in [-0.2, -0.15) is 0 Å². The van der Waals surface area contributed by atoms with E-state index in [0.29, 0.717) is 17.7 Å². The van der Waals surface area contributed by atoms with Gasteiger partial charge in [-0.1, -0.05) is 6.92 Å². The van der Waals surface area contributed by atoms with Gasteiger partial charge in [-0.05, 0) is 18.1 Å². The zero-order valence-corrected chi connectivity index (χ0v) is 14.1. The lowest BCUT2D eigenvalue weighted by atomic mass is 9.99. The smallest absolute Gasteiger partial charge is 0.325 e. The Morgan fingerprint density at radius 3 is 2.73 bits per heavy atom. The van der Waals surface area contributed by atoms with Crippen LogP contribution in [0.3, 0.4) is 0 Å². The van der Waals surface area contributed by atoms with Gasteiger partial charge in [-0.15, -0.1) is 0 Å². The molecule has 4 N–H and O–H groups in total. The molecule has 0 bridgehead atoms. The van der Waals surface area contributed by atoms with Crippen molar-refractivity contribution < 1.29 is 19.5 Å². The predicted molar refractivity (Wildman–Crippen MR) is 91.4 cm³/mol. The van der Waals surface area contributed by atoms with Crippen molar-refractivity contribution in [1.82, 2.24) is 19.9 Å². The number of aromatic nitrogens is 3. The predicted octanol–water partition coefficient (Wildman–Crippen LogP) is 0.149. The average Bonchev–Trinajstić information content (AvgIpc) is 3.14. The van der Waals surface area contributed by atoms with Gasteiger partial charge in [0.2, 0.25) is 11.8 Å². The molecule has 10 nitrogen and oxygen atoms in total. The van der Waals surface area contributed by atoms with Gasteiger partial charge < -0.3 is 20.3 Å². The first-order valence-corrected chi connectivity index (χ1v) is 8.23. The van der Waals surface area contributed by atoms with Crippen molar-refractivity contribution >= 4 is 34.8 Å². The van der Waals surface area contributed by atoms with E-state index in [1.165, 1.54) is 4.90 Å². The summed E-state index contributed by atoms with van der Waals surface area (Å²) in [7, 11) is 0. The number of pyridine rings is 1. The molecule has 0 saturated carbocycles. The monoisotopic (exact) mass is 361 g/mol. The number of imidazole rings is 1. The first kappa shape index (κ1) is 17.6. The number of nitrogens with zero attached hydrogens (tertiary/aromatic N) is 2. The second-order valence-electron chi connectivity index (χ2n) is 6.44. The number of fused-ring (bicyclic) bond motifs is 1. The number of likely N-dealkylation sites (tertiary alicyclic amines) is 1. The van der Waals surface area contributed by atoms with E-state index in [9.17, 15) is 19.2 Å². The molecule has 3 rings (SSSR count). The standard InChI is InChI=1S/C16H19N5O5/c1-8-6-21(7-9(8)15(24)25)13(23)5-4-12(22)18-11-3-2-10-14(19-11)20-16(26)17-10/h2-3,8-9H,4-7H2,1H3,(H,24,25)(H3,17,18,19,20,22,26)/t8-,9-/m1/s1. The Bertz CT molecular complexity index is 917. The van der Waals surface area contributed by atoms with Crippen LogP contribution >= 0.6 is 0 Å². The maximum absolute atomic E-state index is 12.2. The lowest BCUT2D eigenvalue weighted by molar-refractivity contribution is -0.142. The quantitative estimate of drug-likeness (QED) is 0.596. The second kappa shape index (κ2) is 6.98. The third-order valence-electron chi connectivity index (χ3n) is 4.49. The van der Waals surface area contributed by atoms with E-state index < -0.39 is 11.9 Å². The molecule has 138 valence electrons. The first-order valence-electron chi connectivity index (χ1n) is 8.23. The SMILES string of the molecule is C[C@@H]1CN(C(=O)CCC(=O)Nc2ccc3[nH]c(=O)[nH]c3n2)C[C@H]1C(=O)O. The Kier molecular flexibility index (Phi) is 4.74. The number of rotatable bonds is 5. The third kappa shape index (κ3) is 3.73. The minimum atomic E-state index is -0.908. The molecule has 2 aromatic heterocycles. The molecule has 2 atom stereocenters. The van der Waals surface area contributed by atoms with Gasteiger partial charge in [0.25, 0.3) is 0 Å². The van der Waals surface area contributed by atoms with Crippen LogP contribution in [-0.4, -0.2) is 55.8 Å². The van der Waals surface area contributed by atoms with E-state index in [1.807, 2.05) is 0 Å². The van der Waals surface area contributed by atoms with Crippen LogP contribution in [0.15, 0.2) is 16.9 Å². The van der Waals surface area contributed by atoms with Crippen molar-refractivity contribution in [3.8, 4) is 0 Å². The van der Waals surface area contributed by atoms with Gasteiger partial charge in [-0.3, -0.25) is 19.4 Å². The van der Waals surface area contributed by atoms with Crippen molar-refractivity contribution in [3.05, 3.63) is 22.6 Å². The summed E-state index contributed by atoms with van der Waals surface area (Å²) in [6.07, 6.45) is -0.0427. The highest BCUT2D eigenvalue weighted by atomic mass is 16.4. The van der Waals surface area contributed by atoms with Gasteiger partial charge in [0.05, 0.1) is 11.4 Å². The second-order valence-corrected chi connectivity index (χ2v) is 6.44. The topological polar surface area (TPSA) is 148 Å². The molecule has 0 aliphatic carbocycles. The van der Waals surface area contributed by atoms with Crippen LogP contribution in [0.2, 0.25) is 0 Å². The summed E-state index contributed by atoms with van der Waals surface area (Å²) < 4.78 is 0. The van der Waals surface area contributed by atoms with Crippen LogP contribution in [0.5, 0.6) is 0 Å². The fourth-order valence-corrected chi connectivity index (χ4v) is 3.06. The van der Waals surface area contributed by atoms with Crippen molar-refractivity contribution in [2.45, 2.75) is 19.8 Å². The number of amides is 2. The summed E-state index contributed by atoms with van der Waals surface area (Å²) in [6.45, 7) is 2.36. The summed E-state index contributed by atoms with van der Waals surface area (Å²) in [5.74, 6) is -1.93. The molecular weight excluding hydrogens is 342 g/mol. The van der Waals surface area contributed by atoms with Crippen LogP contribution in [0.25, 0.3) is 11.2 Å². The highest BCUT2D eigenvalue weighted by Crippen LogP contribution is 2.24. The summed E-state index contributed by atoms with van der Waals surface area (Å²) in [6, 6.07) is 3.16. The minimum Gasteiger partial charge on any atom is -0.481 e. The Morgan fingerprint density at radius 2 is 2.04 bits per heavy atom. The molecule has 10 heteroatoms. The van der Waals surface area contributed by atoms with Gasteiger partial charge in [0, 0.05) is 25.9 Å². The summed E-state index contributed by atoms with van der Waals surface area (Å²) in [5, 5.41) is 11.7. The maximum atomic E-state index is 12.2. The van der Waals surface area contributed by atoms with E-state index >= 15 is 0 Å². The van der Waals surface area contributed by atoms with Crippen molar-refractivity contribution in [2.24, 2.45) is 11.8 Å². The number of carboxylic acids is 1. The van der Waals surface area contributed by atoms with Crippen LogP contribution in [0.4, 0.5) is 5.82 Å². The van der Waals surface area contributed by atoms with E-state index in [4.69, 9.17) is 5.11 Å². The zero-order valence-electron chi connectivity index (χ0n) is 14.1. The minimum absolute atomic E-state index is 0.00583. The molecule has 2 aromatic rings. The van der Waals surface area contributed by atoms with Crippen molar-refractivity contribution in [3.63, 3.8) is 0 Å². The van der Waals surface area contributed by atoms with Gasteiger partial charge in [-0.25, -0.2) is 9.78 Å². The van der Waals surface area contributed by atoms with Gasteiger partial charge in [0.15, 0.2) is 5.65 Å². The highest BCUT2D eigenvalue weighted by Gasteiger charge is 2.36. The van der Waals surface area contributed by atoms with E-state index in [-0.39, 0.29) is 48.6 Å². The summed E-state index contributed by atoms with van der Waals surface area (Å²) >= 11 is 0. The fraction of sp³-hybridized carbons (Fsp3) is 0.438. The lowest BCUT2D eigenvalue weighted by Crippen LogP contribution is -2.30. The number of carbonyl (C=O) groups excluding carboxylic acids is 2. The molecule has 1 aliphatic heterocycles. The average molecular weight is 361 g/mol. The number of anilines is 1. The molecule has 26 heavy (non-hydrogen) atoms. The first-order chi connectivity index (χ1) is 12.3. The number of H-pyrrole nitrogens is 2. The Hall–Kier alpha value is -3.17. The normalized spacial score (nSPS) is 19.7. The van der Waals surface area contributed by atoms with Crippen molar-refractivity contribution in [1.29, 1.82) is 0 Å². The number of aromatic amines is 2. The van der Waals surface area contributed by atoms with Crippen LogP contribution in [-0.2, 0) is 14.4 Å². The number of hydrogen-bond acceptors (Lipinski definition) is 5. The highest BCUT2D eigenvalue weighted by molar-refractivity contribution is 5.93. The third-order valence-corrected chi connectivity index (χ3v) is 4.49. The Morgan fingerprint density at radius 1 is 1.27 bits per heavy atom. The van der Waals surface area contributed by atoms with Crippen molar-refractivity contribution in [2.75, 3.05) is 18.4 Å². The van der Waals surface area contributed by atoms with E-state index in [0.717, 1.165) is 0 Å². The van der Waals surface area contributed by atoms with E-state index in [1.54, 1.807) is 19.1 Å². The molecule has 1 saturated heterocycles. The number of nitrogens with one attached hydrogen (secondary N) is 3. The molecular formula is C16H19N5O5. The number of carboxylic acid groups (broad SMARTS) is 1.